The van der Waals surface area contributed by atoms with E-state index in [1.165, 1.54) is 5.01 Å². The van der Waals surface area contributed by atoms with E-state index in [0.717, 1.165) is 5.56 Å². The van der Waals surface area contributed by atoms with Crippen molar-refractivity contribution >= 4 is 12.0 Å². The molecule has 0 fully saturated rings. The van der Waals surface area contributed by atoms with Gasteiger partial charge in [-0.05, 0) is 38.5 Å². The van der Waals surface area contributed by atoms with E-state index in [1.54, 1.807) is 18.2 Å². The highest BCUT2D eigenvalue weighted by atomic mass is 16.2. The van der Waals surface area contributed by atoms with Crippen LogP contribution in [0.5, 0.6) is 0 Å². The van der Waals surface area contributed by atoms with E-state index in [1.807, 2.05) is 32.9 Å². The van der Waals surface area contributed by atoms with E-state index >= 15 is 0 Å². The average Bonchev–Trinajstić information content (AvgIpc) is 2.26. The summed E-state index contributed by atoms with van der Waals surface area (Å²) in [6.07, 6.45) is 1.73. The maximum Gasteiger partial charge on any atom is 0.268 e. The molecular weight excluding hydrogens is 200 g/mol. The molecule has 0 radical (unpaired) electrons. The smallest absolute Gasteiger partial charge is 0.268 e. The van der Waals surface area contributed by atoms with Gasteiger partial charge in [-0.25, -0.2) is 5.84 Å². The average molecular weight is 218 g/mol. The highest BCUT2D eigenvalue weighted by molar-refractivity contribution is 5.94. The number of rotatable bonds is 2. The molecule has 1 aromatic carbocycles. The molecule has 0 aliphatic rings. The lowest BCUT2D eigenvalue weighted by atomic mass is 10.1. The number of hydrazine groups is 1. The number of hydrogen-bond donors (Lipinski definition) is 1. The molecule has 0 atom stereocenters. The molecule has 0 aromatic heterocycles. The second kappa shape index (κ2) is 4.49. The molecule has 1 amide bonds. The van der Waals surface area contributed by atoms with Crippen LogP contribution in [-0.2, 0) is 0 Å². The Morgan fingerprint density at radius 1 is 1.31 bits per heavy atom. The molecule has 2 N–H and O–H groups in total. The first-order chi connectivity index (χ1) is 7.36. The lowest BCUT2D eigenvalue weighted by molar-refractivity contribution is 0.0582. The third-order valence-corrected chi connectivity index (χ3v) is 2.33. The predicted molar refractivity (Wildman–Crippen MR) is 66.6 cm³/mol. The molecule has 0 unspecified atom stereocenters. The molecule has 0 saturated heterocycles. The fourth-order valence-electron chi connectivity index (χ4n) is 1.21. The van der Waals surface area contributed by atoms with Gasteiger partial charge in [0, 0.05) is 5.56 Å². The molecule has 16 heavy (non-hydrogen) atoms. The summed E-state index contributed by atoms with van der Waals surface area (Å²) in [5.74, 6) is 5.58. The van der Waals surface area contributed by atoms with E-state index < -0.39 is 0 Å². The van der Waals surface area contributed by atoms with Gasteiger partial charge in [-0.2, -0.15) is 0 Å². The van der Waals surface area contributed by atoms with E-state index in [4.69, 9.17) is 5.84 Å². The minimum atomic E-state index is -0.381. The fraction of sp³-hybridized carbons (Fsp3) is 0.308. The number of benzene rings is 1. The van der Waals surface area contributed by atoms with E-state index in [9.17, 15) is 4.79 Å². The summed E-state index contributed by atoms with van der Waals surface area (Å²) in [4.78, 5) is 12.0. The Kier molecular flexibility index (Phi) is 3.50. The van der Waals surface area contributed by atoms with E-state index in [0.29, 0.717) is 5.56 Å². The third kappa shape index (κ3) is 2.70. The van der Waals surface area contributed by atoms with Crippen LogP contribution in [0.25, 0.3) is 6.08 Å². The van der Waals surface area contributed by atoms with Crippen LogP contribution in [-0.4, -0.2) is 16.5 Å². The maximum atomic E-state index is 12.0. The minimum Gasteiger partial charge on any atom is -0.271 e. The van der Waals surface area contributed by atoms with Crippen molar-refractivity contribution in [3.63, 3.8) is 0 Å². The van der Waals surface area contributed by atoms with Crippen LogP contribution in [0.2, 0.25) is 0 Å². The summed E-state index contributed by atoms with van der Waals surface area (Å²) in [5.41, 5.74) is 1.19. The standard InChI is InChI=1S/C13H18N2O/c1-5-10-6-8-11(9-7-10)12(16)15(14)13(2,3)4/h5-9H,1,14H2,2-4H3. The van der Waals surface area contributed by atoms with Gasteiger partial charge in [-0.15, -0.1) is 0 Å². The predicted octanol–water partition coefficient (Wildman–Crippen LogP) is 2.44. The summed E-state index contributed by atoms with van der Waals surface area (Å²) in [6.45, 7) is 9.34. The summed E-state index contributed by atoms with van der Waals surface area (Å²) in [7, 11) is 0. The van der Waals surface area contributed by atoms with Crippen LogP contribution in [0.3, 0.4) is 0 Å². The quantitative estimate of drug-likeness (QED) is 0.471. The lowest BCUT2D eigenvalue weighted by Gasteiger charge is -2.31. The molecule has 3 heteroatoms. The maximum absolute atomic E-state index is 12.0. The Balaban J connectivity index is 2.92. The molecule has 3 nitrogen and oxygen atoms in total. The monoisotopic (exact) mass is 218 g/mol. The number of carbonyl (C=O) groups excluding carboxylic acids is 1. The first-order valence-corrected chi connectivity index (χ1v) is 5.18. The summed E-state index contributed by atoms with van der Waals surface area (Å²) in [6, 6.07) is 7.20. The third-order valence-electron chi connectivity index (χ3n) is 2.33. The van der Waals surface area contributed by atoms with Gasteiger partial charge in [0.2, 0.25) is 0 Å². The Hall–Kier alpha value is -1.61. The number of amides is 1. The van der Waals surface area contributed by atoms with Crippen molar-refractivity contribution in [1.29, 1.82) is 0 Å². The highest BCUT2D eigenvalue weighted by Gasteiger charge is 2.24. The topological polar surface area (TPSA) is 46.3 Å². The number of nitrogens with two attached hydrogens (primary N) is 1. The number of carbonyl (C=O) groups is 1. The van der Waals surface area contributed by atoms with Crippen LogP contribution in [0.15, 0.2) is 30.8 Å². The Morgan fingerprint density at radius 2 is 1.81 bits per heavy atom. The van der Waals surface area contributed by atoms with Crippen molar-refractivity contribution in [2.24, 2.45) is 5.84 Å². The van der Waals surface area contributed by atoms with E-state index in [2.05, 4.69) is 6.58 Å². The van der Waals surface area contributed by atoms with Gasteiger partial charge in [0.15, 0.2) is 0 Å². The minimum absolute atomic E-state index is 0.178. The molecule has 0 heterocycles. The molecule has 0 spiro atoms. The largest absolute Gasteiger partial charge is 0.271 e. The van der Waals surface area contributed by atoms with Crippen molar-refractivity contribution in [3.05, 3.63) is 42.0 Å². The second-order valence-corrected chi connectivity index (χ2v) is 4.67. The molecule has 1 rings (SSSR count). The van der Waals surface area contributed by atoms with Gasteiger partial charge in [0.05, 0.1) is 5.54 Å². The lowest BCUT2D eigenvalue weighted by Crippen LogP contribution is -2.50. The van der Waals surface area contributed by atoms with Gasteiger partial charge in [-0.1, -0.05) is 24.8 Å². The van der Waals surface area contributed by atoms with Crippen LogP contribution in [0.4, 0.5) is 0 Å². The first kappa shape index (κ1) is 12.5. The Labute approximate surface area is 96.5 Å². The van der Waals surface area contributed by atoms with Crippen molar-refractivity contribution in [1.82, 2.24) is 5.01 Å². The molecule has 0 aliphatic carbocycles. The van der Waals surface area contributed by atoms with Crippen LogP contribution < -0.4 is 5.84 Å². The van der Waals surface area contributed by atoms with Crippen LogP contribution >= 0.6 is 0 Å². The highest BCUT2D eigenvalue weighted by Crippen LogP contribution is 2.13. The van der Waals surface area contributed by atoms with E-state index in [-0.39, 0.29) is 11.4 Å². The number of hydrogen-bond acceptors (Lipinski definition) is 2. The Morgan fingerprint density at radius 3 is 2.19 bits per heavy atom. The van der Waals surface area contributed by atoms with Gasteiger partial charge < -0.3 is 0 Å². The first-order valence-electron chi connectivity index (χ1n) is 5.18. The van der Waals surface area contributed by atoms with Crippen LogP contribution in [0.1, 0.15) is 36.7 Å². The summed E-state index contributed by atoms with van der Waals surface area (Å²) < 4.78 is 0. The summed E-state index contributed by atoms with van der Waals surface area (Å²) in [5, 5.41) is 1.25. The van der Waals surface area contributed by atoms with Crippen LogP contribution in [0, 0.1) is 0 Å². The zero-order valence-corrected chi connectivity index (χ0v) is 10.0. The zero-order chi connectivity index (χ0) is 12.3. The molecule has 0 bridgehead atoms. The fourth-order valence-corrected chi connectivity index (χ4v) is 1.21. The van der Waals surface area contributed by atoms with Gasteiger partial charge in [0.25, 0.3) is 5.91 Å². The molecule has 0 aliphatic heterocycles. The van der Waals surface area contributed by atoms with Crippen molar-refractivity contribution in [3.8, 4) is 0 Å². The number of nitrogens with zero attached hydrogens (tertiary/aromatic N) is 1. The van der Waals surface area contributed by atoms with Gasteiger partial charge >= 0.3 is 0 Å². The second-order valence-electron chi connectivity index (χ2n) is 4.67. The summed E-state index contributed by atoms with van der Waals surface area (Å²) >= 11 is 0. The van der Waals surface area contributed by atoms with Gasteiger partial charge in [0.1, 0.15) is 0 Å². The normalized spacial score (nSPS) is 11.0. The molecule has 1 aromatic rings. The molecule has 0 saturated carbocycles. The Bertz CT molecular complexity index is 387. The SMILES string of the molecule is C=Cc1ccc(C(=O)N(N)C(C)(C)C)cc1. The molecule has 86 valence electrons. The van der Waals surface area contributed by atoms with Crippen molar-refractivity contribution < 1.29 is 4.79 Å². The zero-order valence-electron chi connectivity index (χ0n) is 10.0. The van der Waals surface area contributed by atoms with Gasteiger partial charge in [-0.3, -0.25) is 9.80 Å². The molecular formula is C13H18N2O. The van der Waals surface area contributed by atoms with Crippen molar-refractivity contribution in [2.45, 2.75) is 26.3 Å². The van der Waals surface area contributed by atoms with Crippen molar-refractivity contribution in [2.75, 3.05) is 0 Å².